The lowest BCUT2D eigenvalue weighted by Crippen LogP contribution is -2.32. The topological polar surface area (TPSA) is 46.6 Å². The summed E-state index contributed by atoms with van der Waals surface area (Å²) in [4.78, 5) is 25.7. The fraction of sp³-hybridized carbons (Fsp3) is 0.111. The van der Waals surface area contributed by atoms with E-state index < -0.39 is 0 Å². The summed E-state index contributed by atoms with van der Waals surface area (Å²) < 4.78 is 18.7. The monoisotopic (exact) mass is 343 g/mol. The largest absolute Gasteiger partial charge is 0.492 e. The molecule has 0 N–H and O–H groups in total. The van der Waals surface area contributed by atoms with E-state index in [2.05, 4.69) is 0 Å². The van der Waals surface area contributed by atoms with Crippen LogP contribution in [-0.4, -0.2) is 29.2 Å². The Kier molecular flexibility index (Phi) is 4.96. The van der Waals surface area contributed by atoms with Gasteiger partial charge in [0.2, 0.25) is 0 Å². The van der Waals surface area contributed by atoms with Crippen LogP contribution in [0.4, 0.5) is 9.18 Å². The van der Waals surface area contributed by atoms with Gasteiger partial charge in [-0.15, -0.1) is 0 Å². The summed E-state index contributed by atoms with van der Waals surface area (Å²) in [7, 11) is 0. The highest BCUT2D eigenvalue weighted by atomic mass is 32.2. The van der Waals surface area contributed by atoms with Gasteiger partial charge in [0.25, 0.3) is 11.1 Å². The van der Waals surface area contributed by atoms with Gasteiger partial charge in [-0.3, -0.25) is 14.5 Å². The first kappa shape index (κ1) is 16.3. The number of rotatable bonds is 5. The van der Waals surface area contributed by atoms with Gasteiger partial charge in [-0.2, -0.15) is 0 Å². The van der Waals surface area contributed by atoms with Gasteiger partial charge in [-0.05, 0) is 47.7 Å². The molecule has 0 radical (unpaired) electrons. The third kappa shape index (κ3) is 3.83. The third-order valence-electron chi connectivity index (χ3n) is 3.35. The Morgan fingerprint density at radius 2 is 1.88 bits per heavy atom. The van der Waals surface area contributed by atoms with Crippen LogP contribution in [-0.2, 0) is 4.79 Å². The number of halogens is 1. The van der Waals surface area contributed by atoms with Gasteiger partial charge in [0.05, 0.1) is 11.4 Å². The predicted octanol–water partition coefficient (Wildman–Crippen LogP) is 3.94. The van der Waals surface area contributed by atoms with Gasteiger partial charge in [-0.25, -0.2) is 4.39 Å². The van der Waals surface area contributed by atoms with Crippen LogP contribution in [0.15, 0.2) is 59.5 Å². The zero-order chi connectivity index (χ0) is 16.9. The van der Waals surface area contributed by atoms with E-state index in [1.807, 2.05) is 18.2 Å². The fourth-order valence-corrected chi connectivity index (χ4v) is 3.08. The smallest absolute Gasteiger partial charge is 0.293 e. The van der Waals surface area contributed by atoms with Crippen LogP contribution < -0.4 is 4.74 Å². The Hall–Kier alpha value is -2.60. The fourth-order valence-electron chi connectivity index (χ4n) is 2.21. The number of hydrogen-bond donors (Lipinski definition) is 0. The van der Waals surface area contributed by atoms with Crippen molar-refractivity contribution in [3.05, 3.63) is 70.9 Å². The number of imide groups is 1. The Balaban J connectivity index is 1.63. The second kappa shape index (κ2) is 7.31. The van der Waals surface area contributed by atoms with E-state index in [1.54, 1.807) is 24.3 Å². The molecule has 0 bridgehead atoms. The van der Waals surface area contributed by atoms with Crippen LogP contribution in [0.1, 0.15) is 5.56 Å². The number of thioether (sulfide) groups is 1. The van der Waals surface area contributed by atoms with Gasteiger partial charge in [-0.1, -0.05) is 30.3 Å². The van der Waals surface area contributed by atoms with Crippen molar-refractivity contribution in [3.63, 3.8) is 0 Å². The van der Waals surface area contributed by atoms with Crippen molar-refractivity contribution >= 4 is 29.0 Å². The van der Waals surface area contributed by atoms with E-state index in [0.717, 1.165) is 16.7 Å². The molecule has 0 atom stereocenters. The van der Waals surface area contributed by atoms with E-state index >= 15 is 0 Å². The minimum Gasteiger partial charge on any atom is -0.492 e. The number of para-hydroxylation sites is 1. The Morgan fingerprint density at radius 3 is 2.62 bits per heavy atom. The van der Waals surface area contributed by atoms with Gasteiger partial charge in [0.15, 0.2) is 0 Å². The van der Waals surface area contributed by atoms with Crippen molar-refractivity contribution in [2.24, 2.45) is 0 Å². The molecule has 2 aromatic carbocycles. The zero-order valence-corrected chi connectivity index (χ0v) is 13.5. The average molecular weight is 343 g/mol. The first-order valence-corrected chi connectivity index (χ1v) is 8.14. The molecule has 3 rings (SSSR count). The highest BCUT2D eigenvalue weighted by molar-refractivity contribution is 8.18. The van der Waals surface area contributed by atoms with E-state index in [4.69, 9.17) is 4.74 Å². The maximum atomic E-state index is 13.2. The molecule has 1 heterocycles. The lowest BCUT2D eigenvalue weighted by molar-refractivity contribution is -0.123. The summed E-state index contributed by atoms with van der Waals surface area (Å²) in [5, 5.41) is -0.348. The second-order valence-corrected chi connectivity index (χ2v) is 6.04. The van der Waals surface area contributed by atoms with Crippen LogP contribution in [0, 0.1) is 5.82 Å². The van der Waals surface area contributed by atoms with Crippen LogP contribution in [0.3, 0.4) is 0 Å². The van der Waals surface area contributed by atoms with Gasteiger partial charge >= 0.3 is 0 Å². The minimum atomic E-state index is -0.390. The van der Waals surface area contributed by atoms with Crippen molar-refractivity contribution in [1.82, 2.24) is 4.90 Å². The number of amides is 2. The lowest BCUT2D eigenvalue weighted by atomic mass is 10.2. The highest BCUT2D eigenvalue weighted by Gasteiger charge is 2.34. The predicted molar refractivity (Wildman–Crippen MR) is 91.0 cm³/mol. The molecule has 1 fully saturated rings. The molecule has 122 valence electrons. The van der Waals surface area contributed by atoms with Gasteiger partial charge in [0, 0.05) is 0 Å². The van der Waals surface area contributed by atoms with Gasteiger partial charge in [0.1, 0.15) is 18.2 Å². The average Bonchev–Trinajstić information content (AvgIpc) is 2.83. The summed E-state index contributed by atoms with van der Waals surface area (Å²) in [6.45, 7) is 0.384. The molecule has 1 saturated heterocycles. The summed E-state index contributed by atoms with van der Waals surface area (Å²) in [6, 6.07) is 15.0. The van der Waals surface area contributed by atoms with Crippen LogP contribution >= 0.6 is 11.8 Å². The molecule has 2 aromatic rings. The lowest BCUT2D eigenvalue weighted by Gasteiger charge is -2.13. The van der Waals surface area contributed by atoms with E-state index in [9.17, 15) is 14.0 Å². The molecule has 24 heavy (non-hydrogen) atoms. The molecule has 6 heteroatoms. The third-order valence-corrected chi connectivity index (χ3v) is 4.25. The molecule has 1 aliphatic rings. The number of ether oxygens (including phenoxy) is 1. The minimum absolute atomic E-state index is 0.167. The summed E-state index contributed by atoms with van der Waals surface area (Å²) in [5.41, 5.74) is 0.543. The maximum Gasteiger partial charge on any atom is 0.293 e. The molecule has 0 aliphatic carbocycles. The van der Waals surface area contributed by atoms with Crippen molar-refractivity contribution in [2.45, 2.75) is 0 Å². The second-order valence-electron chi connectivity index (χ2n) is 5.05. The van der Waals surface area contributed by atoms with Crippen molar-refractivity contribution < 1.29 is 18.7 Å². The maximum absolute atomic E-state index is 13.2. The van der Waals surface area contributed by atoms with Crippen molar-refractivity contribution in [1.29, 1.82) is 0 Å². The van der Waals surface area contributed by atoms with E-state index in [0.29, 0.717) is 11.3 Å². The Labute approximate surface area is 142 Å². The van der Waals surface area contributed by atoms with Crippen LogP contribution in [0.25, 0.3) is 6.08 Å². The van der Waals surface area contributed by atoms with Crippen LogP contribution in [0.5, 0.6) is 5.75 Å². The molecular weight excluding hydrogens is 329 g/mol. The Morgan fingerprint density at radius 1 is 1.08 bits per heavy atom. The van der Waals surface area contributed by atoms with Crippen molar-refractivity contribution in [2.75, 3.05) is 13.2 Å². The quantitative estimate of drug-likeness (QED) is 0.772. The molecule has 4 nitrogen and oxygen atoms in total. The number of nitrogens with zero attached hydrogens (tertiary/aromatic N) is 1. The van der Waals surface area contributed by atoms with Crippen LogP contribution in [0.2, 0.25) is 0 Å². The highest BCUT2D eigenvalue weighted by Crippen LogP contribution is 2.32. The zero-order valence-electron chi connectivity index (χ0n) is 12.6. The number of carbonyl (C=O) groups is 2. The summed E-state index contributed by atoms with van der Waals surface area (Å²) in [6.07, 6.45) is 1.52. The van der Waals surface area contributed by atoms with Crippen molar-refractivity contribution in [3.8, 4) is 5.75 Å². The molecule has 0 unspecified atom stereocenters. The Bertz CT molecular complexity index is 792. The summed E-state index contributed by atoms with van der Waals surface area (Å²) >= 11 is 0.849. The number of hydrogen-bond acceptors (Lipinski definition) is 4. The molecule has 0 spiro atoms. The molecule has 1 aliphatic heterocycles. The normalized spacial score (nSPS) is 16.0. The molecular formula is C18H14FNO3S. The summed E-state index contributed by atoms with van der Waals surface area (Å²) in [5.74, 6) is -0.0927. The first-order chi connectivity index (χ1) is 11.6. The van der Waals surface area contributed by atoms with E-state index in [-0.39, 0.29) is 35.0 Å². The SMILES string of the molecule is O=C1SC(=Cc2cccc(F)c2)C(=O)N1CCOc1ccccc1. The number of carbonyl (C=O) groups excluding carboxylic acids is 2. The molecule has 2 amide bonds. The van der Waals surface area contributed by atoms with Gasteiger partial charge < -0.3 is 4.74 Å². The van der Waals surface area contributed by atoms with E-state index in [1.165, 1.54) is 18.2 Å². The number of benzene rings is 2. The standard InChI is InChI=1S/C18H14FNO3S/c19-14-6-4-5-13(11-14)12-16-17(21)20(18(22)24-16)9-10-23-15-7-2-1-3-8-15/h1-8,11-12H,9-10H2. The molecule has 0 aromatic heterocycles. The first-order valence-electron chi connectivity index (χ1n) is 7.32. The molecule has 0 saturated carbocycles.